The minimum Gasteiger partial charge on any atom is -0.494 e. The van der Waals surface area contributed by atoms with Gasteiger partial charge < -0.3 is 15.6 Å². The van der Waals surface area contributed by atoms with E-state index in [1.165, 1.54) is 0 Å². The van der Waals surface area contributed by atoms with Gasteiger partial charge in [-0.15, -0.1) is 0 Å². The van der Waals surface area contributed by atoms with E-state index in [0.717, 1.165) is 5.56 Å². The van der Waals surface area contributed by atoms with Crippen LogP contribution in [0.1, 0.15) is 24.9 Å². The monoisotopic (exact) mass is 209 g/mol. The van der Waals surface area contributed by atoms with Gasteiger partial charge in [-0.25, -0.2) is 0 Å². The molecular weight excluding hydrogens is 194 g/mol. The minimum atomic E-state index is -0.909. The molecule has 0 bridgehead atoms. The van der Waals surface area contributed by atoms with Gasteiger partial charge in [0.2, 0.25) is 0 Å². The molecule has 4 nitrogen and oxygen atoms in total. The quantitative estimate of drug-likeness (QED) is 0.771. The second kappa shape index (κ2) is 5.36. The molecule has 0 spiro atoms. The zero-order chi connectivity index (χ0) is 11.3. The second-order valence-corrected chi connectivity index (χ2v) is 3.18. The Morgan fingerprint density at radius 3 is 2.80 bits per heavy atom. The first-order valence-corrected chi connectivity index (χ1v) is 4.84. The molecule has 0 saturated carbocycles. The fraction of sp³-hybridized carbons (Fsp3) is 0.364. The maximum Gasteiger partial charge on any atom is 0.305 e. The first kappa shape index (κ1) is 11.5. The van der Waals surface area contributed by atoms with Crippen LogP contribution in [0.4, 0.5) is 0 Å². The summed E-state index contributed by atoms with van der Waals surface area (Å²) < 4.78 is 5.37. The summed E-state index contributed by atoms with van der Waals surface area (Å²) in [4.78, 5) is 10.5. The summed E-state index contributed by atoms with van der Waals surface area (Å²) in [5.74, 6) is -0.248. The van der Waals surface area contributed by atoms with Crippen molar-refractivity contribution in [3.05, 3.63) is 29.8 Å². The predicted molar refractivity (Wildman–Crippen MR) is 56.8 cm³/mol. The summed E-state index contributed by atoms with van der Waals surface area (Å²) in [7, 11) is 0. The summed E-state index contributed by atoms with van der Waals surface area (Å²) in [6.07, 6.45) is -0.0932. The second-order valence-electron chi connectivity index (χ2n) is 3.18. The van der Waals surface area contributed by atoms with E-state index in [2.05, 4.69) is 0 Å². The molecule has 1 aromatic rings. The molecule has 1 atom stereocenters. The Bertz CT molecular complexity index is 338. The first-order chi connectivity index (χ1) is 7.15. The number of rotatable bonds is 5. The van der Waals surface area contributed by atoms with E-state index < -0.39 is 12.0 Å². The van der Waals surface area contributed by atoms with Crippen molar-refractivity contribution in [1.82, 2.24) is 0 Å². The van der Waals surface area contributed by atoms with Crippen LogP contribution in [-0.2, 0) is 4.79 Å². The average molecular weight is 209 g/mol. The summed E-state index contributed by atoms with van der Waals surface area (Å²) >= 11 is 0. The van der Waals surface area contributed by atoms with Gasteiger partial charge in [0.05, 0.1) is 13.0 Å². The van der Waals surface area contributed by atoms with Gasteiger partial charge in [-0.2, -0.15) is 0 Å². The van der Waals surface area contributed by atoms with E-state index in [9.17, 15) is 4.79 Å². The molecule has 0 amide bonds. The summed E-state index contributed by atoms with van der Waals surface area (Å²) in [6, 6.07) is 6.71. The normalized spacial score (nSPS) is 12.1. The van der Waals surface area contributed by atoms with E-state index >= 15 is 0 Å². The number of para-hydroxylation sites is 1. The highest BCUT2D eigenvalue weighted by atomic mass is 16.5. The smallest absolute Gasteiger partial charge is 0.305 e. The Kier molecular flexibility index (Phi) is 4.12. The van der Waals surface area contributed by atoms with Crippen molar-refractivity contribution >= 4 is 5.97 Å². The van der Waals surface area contributed by atoms with Crippen LogP contribution < -0.4 is 10.5 Å². The third-order valence-electron chi connectivity index (χ3n) is 2.01. The number of ether oxygens (including phenoxy) is 1. The topological polar surface area (TPSA) is 72.5 Å². The lowest BCUT2D eigenvalue weighted by atomic mass is 10.0. The van der Waals surface area contributed by atoms with Crippen LogP contribution in [0.15, 0.2) is 24.3 Å². The molecule has 0 aliphatic rings. The van der Waals surface area contributed by atoms with Gasteiger partial charge in [0.15, 0.2) is 0 Å². The Labute approximate surface area is 88.7 Å². The number of aliphatic carboxylic acids is 1. The van der Waals surface area contributed by atoms with Gasteiger partial charge in [0.25, 0.3) is 0 Å². The van der Waals surface area contributed by atoms with Gasteiger partial charge in [0, 0.05) is 11.6 Å². The Hall–Kier alpha value is -1.55. The van der Waals surface area contributed by atoms with Crippen LogP contribution in [0.2, 0.25) is 0 Å². The van der Waals surface area contributed by atoms with Crippen LogP contribution in [0, 0.1) is 0 Å². The maximum absolute atomic E-state index is 10.5. The van der Waals surface area contributed by atoms with Crippen LogP contribution in [-0.4, -0.2) is 17.7 Å². The van der Waals surface area contributed by atoms with Gasteiger partial charge in [-0.3, -0.25) is 4.79 Å². The molecule has 0 fully saturated rings. The van der Waals surface area contributed by atoms with Crippen molar-refractivity contribution in [2.75, 3.05) is 6.61 Å². The summed E-state index contributed by atoms with van der Waals surface area (Å²) in [5, 5.41) is 8.65. The molecule has 0 heterocycles. The molecule has 1 rings (SSSR count). The lowest BCUT2D eigenvalue weighted by molar-refractivity contribution is -0.137. The largest absolute Gasteiger partial charge is 0.494 e. The van der Waals surface area contributed by atoms with Crippen molar-refractivity contribution in [3.8, 4) is 5.75 Å². The third kappa shape index (κ3) is 3.25. The molecule has 1 unspecified atom stereocenters. The summed E-state index contributed by atoms with van der Waals surface area (Å²) in [6.45, 7) is 2.41. The highest BCUT2D eigenvalue weighted by molar-refractivity contribution is 5.68. The number of carboxylic acids is 1. The molecule has 0 aliphatic carbocycles. The molecule has 15 heavy (non-hydrogen) atoms. The van der Waals surface area contributed by atoms with Crippen molar-refractivity contribution in [3.63, 3.8) is 0 Å². The number of carboxylic acid groups (broad SMARTS) is 1. The molecule has 0 radical (unpaired) electrons. The third-order valence-corrected chi connectivity index (χ3v) is 2.01. The molecule has 3 N–H and O–H groups in total. The lowest BCUT2D eigenvalue weighted by Gasteiger charge is -2.14. The van der Waals surface area contributed by atoms with Gasteiger partial charge in [-0.1, -0.05) is 18.2 Å². The van der Waals surface area contributed by atoms with Crippen molar-refractivity contribution < 1.29 is 14.6 Å². The molecular formula is C11H15NO3. The number of hydrogen-bond donors (Lipinski definition) is 2. The molecule has 0 saturated heterocycles. The molecule has 0 aliphatic heterocycles. The van der Waals surface area contributed by atoms with E-state index in [-0.39, 0.29) is 6.42 Å². The van der Waals surface area contributed by atoms with Crippen LogP contribution >= 0.6 is 0 Å². The minimum absolute atomic E-state index is 0.0932. The fourth-order valence-electron chi connectivity index (χ4n) is 1.37. The lowest BCUT2D eigenvalue weighted by Crippen LogP contribution is -2.16. The Morgan fingerprint density at radius 1 is 1.53 bits per heavy atom. The van der Waals surface area contributed by atoms with E-state index in [0.29, 0.717) is 12.4 Å². The van der Waals surface area contributed by atoms with Crippen LogP contribution in [0.3, 0.4) is 0 Å². The zero-order valence-corrected chi connectivity index (χ0v) is 8.64. The molecule has 82 valence electrons. The standard InChI is InChI=1S/C11H15NO3/c1-2-15-10-6-4-3-5-8(10)9(12)7-11(13)14/h3-6,9H,2,7,12H2,1H3,(H,13,14). The Morgan fingerprint density at radius 2 is 2.20 bits per heavy atom. The van der Waals surface area contributed by atoms with Crippen LogP contribution in [0.25, 0.3) is 0 Å². The number of carbonyl (C=O) groups is 1. The SMILES string of the molecule is CCOc1ccccc1C(N)CC(=O)O. The summed E-state index contributed by atoms with van der Waals surface area (Å²) in [5.41, 5.74) is 6.50. The van der Waals surface area contributed by atoms with E-state index in [4.69, 9.17) is 15.6 Å². The highest BCUT2D eigenvalue weighted by Crippen LogP contribution is 2.25. The van der Waals surface area contributed by atoms with E-state index in [1.54, 1.807) is 12.1 Å². The zero-order valence-electron chi connectivity index (χ0n) is 8.64. The number of nitrogens with two attached hydrogens (primary N) is 1. The molecule has 1 aromatic carbocycles. The highest BCUT2D eigenvalue weighted by Gasteiger charge is 2.14. The van der Waals surface area contributed by atoms with Crippen LogP contribution in [0.5, 0.6) is 5.75 Å². The fourth-order valence-corrected chi connectivity index (χ4v) is 1.37. The maximum atomic E-state index is 10.5. The Balaban J connectivity index is 2.86. The number of benzene rings is 1. The predicted octanol–water partition coefficient (Wildman–Crippen LogP) is 1.56. The van der Waals surface area contributed by atoms with Gasteiger partial charge in [0.1, 0.15) is 5.75 Å². The first-order valence-electron chi connectivity index (χ1n) is 4.84. The molecule has 4 heteroatoms. The van der Waals surface area contributed by atoms with Crippen molar-refractivity contribution in [2.45, 2.75) is 19.4 Å². The average Bonchev–Trinajstić information content (AvgIpc) is 2.18. The van der Waals surface area contributed by atoms with Crippen molar-refractivity contribution in [1.29, 1.82) is 0 Å². The van der Waals surface area contributed by atoms with Crippen molar-refractivity contribution in [2.24, 2.45) is 5.73 Å². The van der Waals surface area contributed by atoms with Gasteiger partial charge in [-0.05, 0) is 13.0 Å². The molecule has 0 aromatic heterocycles. The number of hydrogen-bond acceptors (Lipinski definition) is 3. The van der Waals surface area contributed by atoms with Gasteiger partial charge >= 0.3 is 5.97 Å². The van der Waals surface area contributed by atoms with E-state index in [1.807, 2.05) is 19.1 Å².